The van der Waals surface area contributed by atoms with E-state index >= 15 is 0 Å². The molecule has 2 aromatic carbocycles. The molecule has 0 fully saturated rings. The summed E-state index contributed by atoms with van der Waals surface area (Å²) in [6.07, 6.45) is 1.17. The van der Waals surface area contributed by atoms with E-state index in [4.69, 9.17) is 4.74 Å². The zero-order valence-electron chi connectivity index (χ0n) is 16.3. The van der Waals surface area contributed by atoms with Crippen molar-refractivity contribution in [2.24, 2.45) is 0 Å². The Kier molecular flexibility index (Phi) is 6.65. The zero-order valence-corrected chi connectivity index (χ0v) is 17.1. The standard InChI is InChI=1S/C21H27NO4S/c1-21(2,3)18-8-10-19(11-9-18)26-13-12-22-20(23)17-7-5-6-16(14-17)15-27(4,24)25/h5-11,14H,12-13,15H2,1-4H3,(H,22,23). The molecule has 0 aliphatic carbocycles. The highest BCUT2D eigenvalue weighted by Crippen LogP contribution is 2.24. The van der Waals surface area contributed by atoms with E-state index in [9.17, 15) is 13.2 Å². The van der Waals surface area contributed by atoms with Crippen LogP contribution in [0, 0.1) is 0 Å². The van der Waals surface area contributed by atoms with Gasteiger partial charge in [-0.05, 0) is 40.8 Å². The Morgan fingerprint density at radius 2 is 1.74 bits per heavy atom. The third kappa shape index (κ3) is 7.06. The lowest BCUT2D eigenvalue weighted by Gasteiger charge is -2.19. The minimum absolute atomic E-state index is 0.0816. The smallest absolute Gasteiger partial charge is 0.251 e. The number of hydrogen-bond donors (Lipinski definition) is 1. The van der Waals surface area contributed by atoms with Gasteiger partial charge in [0.15, 0.2) is 9.84 Å². The second kappa shape index (κ2) is 8.57. The number of carbonyl (C=O) groups is 1. The minimum Gasteiger partial charge on any atom is -0.492 e. The Morgan fingerprint density at radius 3 is 2.33 bits per heavy atom. The molecule has 1 amide bonds. The van der Waals surface area contributed by atoms with Crippen LogP contribution in [0.5, 0.6) is 5.75 Å². The minimum atomic E-state index is -3.14. The molecule has 2 rings (SSSR count). The topological polar surface area (TPSA) is 72.5 Å². The Labute approximate surface area is 161 Å². The van der Waals surface area contributed by atoms with Crippen molar-refractivity contribution in [2.45, 2.75) is 31.9 Å². The largest absolute Gasteiger partial charge is 0.492 e. The van der Waals surface area contributed by atoms with E-state index in [1.807, 2.05) is 24.3 Å². The van der Waals surface area contributed by atoms with Gasteiger partial charge in [0.1, 0.15) is 12.4 Å². The summed E-state index contributed by atoms with van der Waals surface area (Å²) in [5.74, 6) is 0.423. The Balaban J connectivity index is 1.83. The van der Waals surface area contributed by atoms with Gasteiger partial charge in [-0.25, -0.2) is 8.42 Å². The van der Waals surface area contributed by atoms with E-state index in [1.165, 1.54) is 11.8 Å². The number of benzene rings is 2. The van der Waals surface area contributed by atoms with Crippen LogP contribution < -0.4 is 10.1 Å². The summed E-state index contributed by atoms with van der Waals surface area (Å²) >= 11 is 0. The van der Waals surface area contributed by atoms with Crippen LogP contribution in [0.3, 0.4) is 0 Å². The van der Waals surface area contributed by atoms with E-state index in [0.29, 0.717) is 24.3 Å². The molecule has 2 aromatic rings. The lowest BCUT2D eigenvalue weighted by Crippen LogP contribution is -2.28. The molecule has 0 bridgehead atoms. The molecule has 0 saturated carbocycles. The maximum Gasteiger partial charge on any atom is 0.251 e. The quantitative estimate of drug-likeness (QED) is 0.737. The van der Waals surface area contributed by atoms with Crippen molar-refractivity contribution < 1.29 is 17.9 Å². The average molecular weight is 390 g/mol. The van der Waals surface area contributed by atoms with Crippen LogP contribution in [0.2, 0.25) is 0 Å². The van der Waals surface area contributed by atoms with Crippen molar-refractivity contribution in [3.63, 3.8) is 0 Å². The first-order valence-corrected chi connectivity index (χ1v) is 10.9. The first kappa shape index (κ1) is 21.0. The summed E-state index contributed by atoms with van der Waals surface area (Å²) in [6.45, 7) is 7.18. The van der Waals surface area contributed by atoms with Gasteiger partial charge in [-0.2, -0.15) is 0 Å². The summed E-state index contributed by atoms with van der Waals surface area (Å²) < 4.78 is 28.4. The number of amides is 1. The van der Waals surface area contributed by atoms with E-state index in [1.54, 1.807) is 24.3 Å². The van der Waals surface area contributed by atoms with Crippen molar-refractivity contribution >= 4 is 15.7 Å². The molecule has 27 heavy (non-hydrogen) atoms. The van der Waals surface area contributed by atoms with Crippen molar-refractivity contribution in [1.82, 2.24) is 5.32 Å². The van der Waals surface area contributed by atoms with E-state index < -0.39 is 9.84 Å². The number of carbonyl (C=O) groups excluding carboxylic acids is 1. The summed E-state index contributed by atoms with van der Waals surface area (Å²) in [6, 6.07) is 14.6. The first-order chi connectivity index (χ1) is 12.5. The van der Waals surface area contributed by atoms with Gasteiger partial charge in [0.25, 0.3) is 5.91 Å². The van der Waals surface area contributed by atoms with Crippen LogP contribution >= 0.6 is 0 Å². The highest BCUT2D eigenvalue weighted by atomic mass is 32.2. The number of ether oxygens (including phenoxy) is 1. The number of hydrogen-bond acceptors (Lipinski definition) is 4. The highest BCUT2D eigenvalue weighted by Gasteiger charge is 2.13. The molecule has 0 aromatic heterocycles. The monoisotopic (exact) mass is 389 g/mol. The molecule has 146 valence electrons. The molecule has 0 heterocycles. The molecular weight excluding hydrogens is 362 g/mol. The van der Waals surface area contributed by atoms with Gasteiger partial charge in [-0.1, -0.05) is 45.0 Å². The van der Waals surface area contributed by atoms with Gasteiger partial charge < -0.3 is 10.1 Å². The fraction of sp³-hybridized carbons (Fsp3) is 0.381. The van der Waals surface area contributed by atoms with Gasteiger partial charge in [-0.3, -0.25) is 4.79 Å². The second-order valence-corrected chi connectivity index (χ2v) is 9.79. The molecule has 0 aliphatic heterocycles. The van der Waals surface area contributed by atoms with Crippen LogP contribution in [0.15, 0.2) is 48.5 Å². The van der Waals surface area contributed by atoms with Gasteiger partial charge in [0.2, 0.25) is 0 Å². The maximum absolute atomic E-state index is 12.2. The molecule has 0 unspecified atom stereocenters. The van der Waals surface area contributed by atoms with Crippen molar-refractivity contribution in [3.8, 4) is 5.75 Å². The summed E-state index contributed by atoms with van der Waals surface area (Å²) in [4.78, 5) is 12.2. The molecule has 6 heteroatoms. The average Bonchev–Trinajstić information content (AvgIpc) is 2.57. The fourth-order valence-electron chi connectivity index (χ4n) is 2.59. The molecule has 0 aliphatic rings. The second-order valence-electron chi connectivity index (χ2n) is 7.65. The van der Waals surface area contributed by atoms with Crippen molar-refractivity contribution in [2.75, 3.05) is 19.4 Å². The van der Waals surface area contributed by atoms with E-state index in [0.717, 1.165) is 5.75 Å². The third-order valence-electron chi connectivity index (χ3n) is 3.99. The Morgan fingerprint density at radius 1 is 1.07 bits per heavy atom. The Bertz CT molecular complexity index is 881. The normalized spacial score (nSPS) is 11.9. The molecular formula is C21H27NO4S. The van der Waals surface area contributed by atoms with Crippen LogP contribution in [-0.2, 0) is 21.0 Å². The van der Waals surface area contributed by atoms with Gasteiger partial charge in [0, 0.05) is 11.8 Å². The number of rotatable bonds is 7. The third-order valence-corrected chi connectivity index (χ3v) is 4.85. The lowest BCUT2D eigenvalue weighted by atomic mass is 9.87. The summed E-state index contributed by atoms with van der Waals surface area (Å²) in [7, 11) is -3.14. The van der Waals surface area contributed by atoms with E-state index in [-0.39, 0.29) is 17.1 Å². The van der Waals surface area contributed by atoms with E-state index in [2.05, 4.69) is 26.1 Å². The van der Waals surface area contributed by atoms with Gasteiger partial charge in [-0.15, -0.1) is 0 Å². The van der Waals surface area contributed by atoms with Crippen LogP contribution in [0.1, 0.15) is 42.3 Å². The van der Waals surface area contributed by atoms with Crippen LogP contribution in [-0.4, -0.2) is 33.7 Å². The molecule has 0 saturated heterocycles. The summed E-state index contributed by atoms with van der Waals surface area (Å²) in [5.41, 5.74) is 2.36. The van der Waals surface area contributed by atoms with Crippen molar-refractivity contribution in [1.29, 1.82) is 0 Å². The Hall–Kier alpha value is -2.34. The highest BCUT2D eigenvalue weighted by molar-refractivity contribution is 7.89. The van der Waals surface area contributed by atoms with Gasteiger partial charge in [0.05, 0.1) is 12.3 Å². The molecule has 5 nitrogen and oxygen atoms in total. The number of sulfone groups is 1. The first-order valence-electron chi connectivity index (χ1n) is 8.83. The summed E-state index contributed by atoms with van der Waals surface area (Å²) in [5, 5.41) is 2.78. The fourth-order valence-corrected chi connectivity index (χ4v) is 3.38. The molecule has 0 spiro atoms. The van der Waals surface area contributed by atoms with Crippen LogP contribution in [0.25, 0.3) is 0 Å². The molecule has 1 N–H and O–H groups in total. The predicted octanol–water partition coefficient (Wildman–Crippen LogP) is 3.34. The zero-order chi connectivity index (χ0) is 20.1. The molecule has 0 radical (unpaired) electrons. The predicted molar refractivity (Wildman–Crippen MR) is 108 cm³/mol. The number of nitrogens with one attached hydrogen (secondary N) is 1. The SMILES string of the molecule is CC(C)(C)c1ccc(OCCNC(=O)c2cccc(CS(C)(=O)=O)c2)cc1. The lowest BCUT2D eigenvalue weighted by molar-refractivity contribution is 0.0947. The van der Waals surface area contributed by atoms with Crippen molar-refractivity contribution in [3.05, 3.63) is 65.2 Å². The molecule has 0 atom stereocenters. The van der Waals surface area contributed by atoms with Gasteiger partial charge >= 0.3 is 0 Å². The maximum atomic E-state index is 12.2. The van der Waals surface area contributed by atoms with Crippen LogP contribution in [0.4, 0.5) is 0 Å².